The van der Waals surface area contributed by atoms with Gasteiger partial charge in [0.25, 0.3) is 0 Å². The summed E-state index contributed by atoms with van der Waals surface area (Å²) >= 11 is 0. The van der Waals surface area contributed by atoms with Crippen molar-refractivity contribution in [2.24, 2.45) is 0 Å². The second-order valence-corrected chi connectivity index (χ2v) is 15.8. The van der Waals surface area contributed by atoms with Crippen molar-refractivity contribution in [3.8, 4) is 0 Å². The lowest BCUT2D eigenvalue weighted by Crippen LogP contribution is -2.30. The molecule has 0 aliphatic heterocycles. The molecule has 0 saturated carbocycles. The van der Waals surface area contributed by atoms with Gasteiger partial charge < -0.3 is 15.3 Å². The van der Waals surface area contributed by atoms with Crippen LogP contribution >= 0.6 is 0 Å². The Morgan fingerprint density at radius 3 is 0.765 bits per heavy atom. The zero-order valence-corrected chi connectivity index (χ0v) is 35.1. The summed E-state index contributed by atoms with van der Waals surface area (Å²) in [6.07, 6.45) is 51.4. The van der Waals surface area contributed by atoms with E-state index in [0.29, 0.717) is 19.5 Å². The highest BCUT2D eigenvalue weighted by molar-refractivity contribution is 5.66. The number of aliphatic carboxylic acids is 1. The van der Waals surface area contributed by atoms with E-state index in [1.54, 1.807) is 0 Å². The second kappa shape index (κ2) is 49.4. The Bertz CT molecular complexity index is 610. The van der Waals surface area contributed by atoms with Gasteiger partial charge in [0.05, 0.1) is 13.2 Å². The Hall–Kier alpha value is -0.650. The Labute approximate surface area is 320 Å². The average Bonchev–Trinajstić information content (AvgIpc) is 3.12. The quantitative estimate of drug-likeness (QED) is 0.0545. The molecule has 51 heavy (non-hydrogen) atoms. The van der Waals surface area contributed by atoms with Crippen LogP contribution in [0.4, 0.5) is 0 Å². The molecular weight excluding hydrogens is 631 g/mol. The fourth-order valence-electron chi connectivity index (χ4n) is 7.21. The minimum Gasteiger partial charge on any atom is -0.481 e. The number of rotatable bonds is 43. The molecule has 0 radical (unpaired) electrons. The lowest BCUT2D eigenvalue weighted by Gasteiger charge is -2.19. The summed E-state index contributed by atoms with van der Waals surface area (Å²) in [5.74, 6) is -0.653. The van der Waals surface area contributed by atoms with Crippen molar-refractivity contribution in [3.05, 3.63) is 0 Å². The van der Waals surface area contributed by atoms with E-state index in [2.05, 4.69) is 18.7 Å². The van der Waals surface area contributed by atoms with Gasteiger partial charge in [-0.25, -0.2) is 0 Å². The first-order chi connectivity index (χ1) is 25.1. The zero-order valence-electron chi connectivity index (χ0n) is 35.1. The van der Waals surface area contributed by atoms with Crippen LogP contribution in [0.15, 0.2) is 0 Å². The molecule has 0 atom stereocenters. The third-order valence-corrected chi connectivity index (χ3v) is 10.7. The number of hydrogen-bond donors (Lipinski definition) is 3. The van der Waals surface area contributed by atoms with Crippen molar-refractivity contribution in [3.63, 3.8) is 0 Å². The smallest absolute Gasteiger partial charge is 0.303 e. The second-order valence-electron chi connectivity index (χ2n) is 15.8. The van der Waals surface area contributed by atoms with E-state index < -0.39 is 5.97 Å². The molecule has 0 aromatic carbocycles. The van der Waals surface area contributed by atoms with Gasteiger partial charge in [-0.1, -0.05) is 239 Å². The van der Waals surface area contributed by atoms with E-state index >= 15 is 0 Å². The number of unbranched alkanes of at least 4 members (excludes halogenated alkanes) is 35. The molecule has 5 heteroatoms. The summed E-state index contributed by atoms with van der Waals surface area (Å²) in [7, 11) is 0. The molecule has 0 bridgehead atoms. The Kier molecular flexibility index (Phi) is 50.8. The van der Waals surface area contributed by atoms with E-state index in [0.717, 1.165) is 19.4 Å². The Morgan fingerprint density at radius 1 is 0.333 bits per heavy atom. The highest BCUT2D eigenvalue weighted by Gasteiger charge is 2.03. The van der Waals surface area contributed by atoms with E-state index in [9.17, 15) is 4.79 Å². The van der Waals surface area contributed by atoms with Gasteiger partial charge in [-0.2, -0.15) is 0 Å². The number of aliphatic hydroxyl groups excluding tert-OH is 2. The number of carboxylic acids is 1. The highest BCUT2D eigenvalue weighted by Crippen LogP contribution is 2.16. The Morgan fingerprint density at radius 2 is 0.549 bits per heavy atom. The summed E-state index contributed by atoms with van der Waals surface area (Å²) in [6, 6.07) is 0. The van der Waals surface area contributed by atoms with Crippen molar-refractivity contribution in [1.29, 1.82) is 0 Å². The van der Waals surface area contributed by atoms with E-state index in [4.69, 9.17) is 15.3 Å². The third-order valence-electron chi connectivity index (χ3n) is 10.7. The van der Waals surface area contributed by atoms with Gasteiger partial charge in [0.2, 0.25) is 0 Å². The molecule has 5 nitrogen and oxygen atoms in total. The zero-order chi connectivity index (χ0) is 37.6. The van der Waals surface area contributed by atoms with Crippen LogP contribution in [0, 0.1) is 0 Å². The van der Waals surface area contributed by atoms with Gasteiger partial charge in [0, 0.05) is 19.5 Å². The molecule has 0 heterocycles. The van der Waals surface area contributed by atoms with Gasteiger partial charge in [-0.05, 0) is 19.4 Å². The number of nitrogens with zero attached hydrogens (tertiary/aromatic N) is 1. The summed E-state index contributed by atoms with van der Waals surface area (Å²) in [5, 5.41) is 26.6. The molecular formula is C46H95NO4. The van der Waals surface area contributed by atoms with Gasteiger partial charge >= 0.3 is 5.97 Å². The number of aliphatic hydroxyl groups is 2. The van der Waals surface area contributed by atoms with E-state index in [1.165, 1.54) is 225 Å². The fraction of sp³-hybridized carbons (Fsp3) is 0.978. The van der Waals surface area contributed by atoms with Gasteiger partial charge in [0.15, 0.2) is 0 Å². The monoisotopic (exact) mass is 726 g/mol. The summed E-state index contributed by atoms with van der Waals surface area (Å²) in [4.78, 5) is 12.5. The van der Waals surface area contributed by atoms with Crippen LogP contribution in [0.3, 0.4) is 0 Å². The molecule has 0 saturated heterocycles. The van der Waals surface area contributed by atoms with Crippen LogP contribution < -0.4 is 0 Å². The van der Waals surface area contributed by atoms with Crippen LogP contribution in [0.2, 0.25) is 0 Å². The van der Waals surface area contributed by atoms with Crippen LogP contribution in [-0.4, -0.2) is 59.0 Å². The molecule has 308 valence electrons. The maximum Gasteiger partial charge on any atom is 0.303 e. The molecule has 0 fully saturated rings. The first-order valence-corrected chi connectivity index (χ1v) is 23.3. The summed E-state index contributed by atoms with van der Waals surface area (Å²) in [5.41, 5.74) is 0. The van der Waals surface area contributed by atoms with Crippen molar-refractivity contribution in [2.75, 3.05) is 32.8 Å². The highest BCUT2D eigenvalue weighted by atomic mass is 16.4. The molecule has 3 N–H and O–H groups in total. The van der Waals surface area contributed by atoms with E-state index in [1.807, 2.05) is 0 Å². The predicted octanol–water partition coefficient (Wildman–Crippen LogP) is 14.2. The summed E-state index contributed by atoms with van der Waals surface area (Å²) < 4.78 is 0. The fourth-order valence-corrected chi connectivity index (χ4v) is 7.21. The normalized spacial score (nSPS) is 11.3. The molecule has 0 aliphatic carbocycles. The molecule has 0 aromatic rings. The van der Waals surface area contributed by atoms with Crippen molar-refractivity contribution in [2.45, 2.75) is 258 Å². The van der Waals surface area contributed by atoms with Crippen LogP contribution in [0.5, 0.6) is 0 Å². The summed E-state index contributed by atoms with van der Waals surface area (Å²) in [6.45, 7) is 7.35. The van der Waals surface area contributed by atoms with Crippen LogP contribution in [-0.2, 0) is 4.79 Å². The maximum atomic E-state index is 10.3. The first kappa shape index (κ1) is 52.5. The molecule has 0 amide bonds. The SMILES string of the molecule is CCCCCCCCCCCCCCCCCC(=O)O.CCCCCCCCCCCCCCCCCCCCCCCCN(CCO)CCO. The topological polar surface area (TPSA) is 81.0 Å². The van der Waals surface area contributed by atoms with Gasteiger partial charge in [0.1, 0.15) is 0 Å². The van der Waals surface area contributed by atoms with Crippen molar-refractivity contribution < 1.29 is 20.1 Å². The lowest BCUT2D eigenvalue weighted by molar-refractivity contribution is -0.137. The standard InChI is InChI=1S/C28H59NO2.C18H36O2/c1-2-3-4-5-6-7-8-9-10-11-12-13-14-15-16-17-18-19-20-21-22-23-24-29(25-27-30)26-28-31;1-2-3-4-5-6-7-8-9-10-11-12-13-14-15-16-17-18(19)20/h30-31H,2-28H2,1H3;2-17H2,1H3,(H,19,20). The van der Waals surface area contributed by atoms with Crippen molar-refractivity contribution in [1.82, 2.24) is 4.90 Å². The number of carbonyl (C=O) groups is 1. The first-order valence-electron chi connectivity index (χ1n) is 23.3. The molecule has 0 aromatic heterocycles. The third kappa shape index (κ3) is 51.5. The molecule has 0 spiro atoms. The maximum absolute atomic E-state index is 10.3. The molecule has 0 aliphatic rings. The number of carboxylic acid groups (broad SMARTS) is 1. The predicted molar refractivity (Wildman–Crippen MR) is 225 cm³/mol. The van der Waals surface area contributed by atoms with E-state index in [-0.39, 0.29) is 13.2 Å². The largest absolute Gasteiger partial charge is 0.481 e. The lowest BCUT2D eigenvalue weighted by atomic mass is 10.0. The minimum atomic E-state index is -0.653. The van der Waals surface area contributed by atoms with Crippen LogP contribution in [0.25, 0.3) is 0 Å². The number of hydrogen-bond acceptors (Lipinski definition) is 4. The molecule has 0 rings (SSSR count). The van der Waals surface area contributed by atoms with Crippen LogP contribution in [0.1, 0.15) is 258 Å². The average molecular weight is 726 g/mol. The minimum absolute atomic E-state index is 0.194. The van der Waals surface area contributed by atoms with Gasteiger partial charge in [-0.3, -0.25) is 9.69 Å². The Balaban J connectivity index is 0. The van der Waals surface area contributed by atoms with Gasteiger partial charge in [-0.15, -0.1) is 0 Å². The van der Waals surface area contributed by atoms with Crippen molar-refractivity contribution >= 4 is 5.97 Å². The molecule has 0 unspecified atom stereocenters.